The molecule has 1 heterocycles. The molecule has 0 atom stereocenters. The number of hydrogen-bond acceptors (Lipinski definition) is 5. The molecule has 0 aliphatic heterocycles. The second-order valence-electron chi connectivity index (χ2n) is 6.91. The lowest BCUT2D eigenvalue weighted by Crippen LogP contribution is -2.37. The van der Waals surface area contributed by atoms with Crippen LogP contribution in [0.15, 0.2) is 60.0 Å². The van der Waals surface area contributed by atoms with Gasteiger partial charge >= 0.3 is 0 Å². The van der Waals surface area contributed by atoms with Gasteiger partial charge in [-0.15, -0.1) is 0 Å². The minimum atomic E-state index is -4.22. The first kappa shape index (κ1) is 21.2. The van der Waals surface area contributed by atoms with E-state index in [2.05, 4.69) is 39.1 Å². The largest absolute Gasteiger partial charge is 0.748 e. The van der Waals surface area contributed by atoms with E-state index in [0.717, 1.165) is 27.5 Å². The van der Waals surface area contributed by atoms with E-state index in [9.17, 15) is 13.0 Å². The molecular formula is C22H24N2O3S2. The molecule has 0 saturated heterocycles. The Labute approximate surface area is 176 Å². The van der Waals surface area contributed by atoms with E-state index in [-0.39, 0.29) is 12.2 Å². The summed E-state index contributed by atoms with van der Waals surface area (Å²) in [6.45, 7) is 0.467. The summed E-state index contributed by atoms with van der Waals surface area (Å²) in [6, 6.07) is 18.2. The zero-order valence-corrected chi connectivity index (χ0v) is 18.1. The molecule has 0 aliphatic rings. The molecular weight excluding hydrogens is 404 g/mol. The SMILES string of the molecule is CN(C)c1ccc(/C=C/c2scc(-c3ccccc3)[n+]2CCCS(=O)(=O)[O-])cc1. The summed E-state index contributed by atoms with van der Waals surface area (Å²) < 4.78 is 35.1. The summed E-state index contributed by atoms with van der Waals surface area (Å²) in [6.07, 6.45) is 4.36. The maximum absolute atomic E-state index is 11.0. The van der Waals surface area contributed by atoms with Crippen LogP contribution in [-0.4, -0.2) is 32.8 Å². The summed E-state index contributed by atoms with van der Waals surface area (Å²) in [5.74, 6) is -0.362. The van der Waals surface area contributed by atoms with Gasteiger partial charge in [0.2, 0.25) is 5.69 Å². The summed E-state index contributed by atoms with van der Waals surface area (Å²) in [5, 5.41) is 3.07. The number of rotatable bonds is 8. The first-order chi connectivity index (χ1) is 13.8. The highest BCUT2D eigenvalue weighted by atomic mass is 32.2. The molecule has 0 N–H and O–H groups in total. The van der Waals surface area contributed by atoms with Crippen molar-refractivity contribution in [1.29, 1.82) is 0 Å². The molecule has 0 radical (unpaired) electrons. The Balaban J connectivity index is 1.87. The Kier molecular flexibility index (Phi) is 6.84. The second-order valence-corrected chi connectivity index (χ2v) is 9.32. The molecule has 0 fully saturated rings. The standard InChI is InChI=1S/C22H24N2O3S2/c1-23(2)20-12-9-18(10-13-20)11-14-22-24(15-6-16-29(25,26)27)21(17-28-22)19-7-4-3-5-8-19/h3-5,7-14,17H,6,15-16H2,1-2H3. The predicted molar refractivity (Wildman–Crippen MR) is 119 cm³/mol. The molecule has 1 aromatic heterocycles. The summed E-state index contributed by atoms with van der Waals surface area (Å²) in [5.41, 5.74) is 4.29. The maximum atomic E-state index is 11.0. The van der Waals surface area contributed by atoms with Crippen molar-refractivity contribution in [2.24, 2.45) is 0 Å². The molecule has 7 heteroatoms. The van der Waals surface area contributed by atoms with E-state index in [0.29, 0.717) is 6.54 Å². The molecule has 2 aromatic carbocycles. The average Bonchev–Trinajstić information content (AvgIpc) is 3.09. The maximum Gasteiger partial charge on any atom is 0.262 e. The van der Waals surface area contributed by atoms with Crippen LogP contribution in [0.25, 0.3) is 23.4 Å². The summed E-state index contributed by atoms with van der Waals surface area (Å²) in [4.78, 5) is 2.05. The number of aromatic nitrogens is 1. The van der Waals surface area contributed by atoms with Crippen LogP contribution in [0, 0.1) is 0 Å². The highest BCUT2D eigenvalue weighted by Gasteiger charge is 2.20. The van der Waals surface area contributed by atoms with E-state index < -0.39 is 10.1 Å². The number of anilines is 1. The van der Waals surface area contributed by atoms with E-state index in [1.54, 1.807) is 11.3 Å². The first-order valence-electron chi connectivity index (χ1n) is 9.29. The Morgan fingerprint density at radius 3 is 2.34 bits per heavy atom. The summed E-state index contributed by atoms with van der Waals surface area (Å²) in [7, 11) is -0.203. The average molecular weight is 429 g/mol. The molecule has 3 rings (SSSR count). The van der Waals surface area contributed by atoms with Gasteiger partial charge in [0.15, 0.2) is 6.54 Å². The van der Waals surface area contributed by atoms with Gasteiger partial charge in [-0.2, -0.15) is 4.57 Å². The monoisotopic (exact) mass is 428 g/mol. The second kappa shape index (κ2) is 9.35. The van der Waals surface area contributed by atoms with Crippen molar-refractivity contribution in [2.75, 3.05) is 24.7 Å². The molecule has 29 heavy (non-hydrogen) atoms. The van der Waals surface area contributed by atoms with Gasteiger partial charge in [-0.3, -0.25) is 0 Å². The van der Waals surface area contributed by atoms with E-state index >= 15 is 0 Å². The summed E-state index contributed by atoms with van der Waals surface area (Å²) >= 11 is 1.60. The van der Waals surface area contributed by atoms with Gasteiger partial charge < -0.3 is 9.45 Å². The number of nitrogens with zero attached hydrogens (tertiary/aromatic N) is 2. The third kappa shape index (κ3) is 6.00. The lowest BCUT2D eigenvalue weighted by Gasteiger charge is -2.11. The van der Waals surface area contributed by atoms with Gasteiger partial charge in [0.05, 0.1) is 15.5 Å². The van der Waals surface area contributed by atoms with Crippen molar-refractivity contribution < 1.29 is 17.5 Å². The molecule has 5 nitrogen and oxygen atoms in total. The van der Waals surface area contributed by atoms with Crippen molar-refractivity contribution >= 4 is 39.3 Å². The predicted octanol–water partition coefficient (Wildman–Crippen LogP) is 3.87. The van der Waals surface area contributed by atoms with Crippen LogP contribution in [0.3, 0.4) is 0 Å². The molecule has 0 aliphatic carbocycles. The first-order valence-corrected chi connectivity index (χ1v) is 11.7. The number of benzene rings is 2. The van der Waals surface area contributed by atoms with E-state index in [1.807, 2.05) is 56.6 Å². The van der Waals surface area contributed by atoms with Gasteiger partial charge in [0.25, 0.3) is 5.01 Å². The molecule has 0 bridgehead atoms. The third-order valence-electron chi connectivity index (χ3n) is 4.52. The number of thiazole rings is 1. The lowest BCUT2D eigenvalue weighted by atomic mass is 10.1. The van der Waals surface area contributed by atoms with Crippen LogP contribution in [0.1, 0.15) is 17.0 Å². The Bertz CT molecular complexity index is 1070. The molecule has 0 spiro atoms. The number of hydrogen-bond donors (Lipinski definition) is 0. The minimum Gasteiger partial charge on any atom is -0.748 e. The van der Waals surface area contributed by atoms with Crippen LogP contribution in [0.2, 0.25) is 0 Å². The lowest BCUT2D eigenvalue weighted by molar-refractivity contribution is -0.683. The topological polar surface area (TPSA) is 64.3 Å². The molecule has 0 unspecified atom stereocenters. The molecule has 3 aromatic rings. The van der Waals surface area contributed by atoms with Crippen molar-refractivity contribution in [1.82, 2.24) is 0 Å². The van der Waals surface area contributed by atoms with Gasteiger partial charge in [-0.25, -0.2) is 8.42 Å². The minimum absolute atomic E-state index is 0.283. The van der Waals surface area contributed by atoms with Gasteiger partial charge in [-0.05, 0) is 35.9 Å². The van der Waals surface area contributed by atoms with Crippen molar-refractivity contribution in [2.45, 2.75) is 13.0 Å². The highest BCUT2D eigenvalue weighted by Crippen LogP contribution is 2.22. The zero-order valence-electron chi connectivity index (χ0n) is 16.5. The molecule has 152 valence electrons. The van der Waals surface area contributed by atoms with E-state index in [4.69, 9.17) is 0 Å². The molecule has 0 saturated carbocycles. The van der Waals surface area contributed by atoms with Gasteiger partial charge in [0.1, 0.15) is 0 Å². The Hall–Kier alpha value is -2.48. The third-order valence-corrected chi connectivity index (χ3v) is 6.25. The van der Waals surface area contributed by atoms with Gasteiger partial charge in [-0.1, -0.05) is 41.7 Å². The fourth-order valence-corrected chi connectivity index (χ4v) is 4.45. The van der Waals surface area contributed by atoms with Crippen LogP contribution in [-0.2, 0) is 16.7 Å². The normalized spacial score (nSPS) is 11.8. The van der Waals surface area contributed by atoms with Crippen LogP contribution in [0.5, 0.6) is 0 Å². The van der Waals surface area contributed by atoms with Crippen LogP contribution >= 0.6 is 11.3 Å². The van der Waals surface area contributed by atoms with Crippen molar-refractivity contribution in [3.8, 4) is 11.3 Å². The van der Waals surface area contributed by atoms with E-state index in [1.165, 1.54) is 0 Å². The quantitative estimate of drug-likeness (QED) is 0.404. The van der Waals surface area contributed by atoms with Crippen molar-refractivity contribution in [3.05, 3.63) is 70.5 Å². The van der Waals surface area contributed by atoms with Crippen LogP contribution < -0.4 is 9.47 Å². The fraction of sp³-hybridized carbons (Fsp3) is 0.227. The van der Waals surface area contributed by atoms with Crippen molar-refractivity contribution in [3.63, 3.8) is 0 Å². The Morgan fingerprint density at radius 1 is 1.03 bits per heavy atom. The highest BCUT2D eigenvalue weighted by molar-refractivity contribution is 7.85. The smallest absolute Gasteiger partial charge is 0.262 e. The molecule has 0 amide bonds. The fourth-order valence-electron chi connectivity index (χ4n) is 3.01. The van der Waals surface area contributed by atoms with Crippen LogP contribution in [0.4, 0.5) is 5.69 Å². The zero-order chi connectivity index (χ0) is 20.9. The van der Waals surface area contributed by atoms with Gasteiger partial charge in [0, 0.05) is 43.6 Å². The Morgan fingerprint density at radius 2 is 1.72 bits per heavy atom.